The summed E-state index contributed by atoms with van der Waals surface area (Å²) in [5.41, 5.74) is 1.79. The lowest BCUT2D eigenvalue weighted by Crippen LogP contribution is -2.42. The highest BCUT2D eigenvalue weighted by Gasteiger charge is 2.27. The summed E-state index contributed by atoms with van der Waals surface area (Å²) < 4.78 is 10.7. The van der Waals surface area contributed by atoms with Crippen LogP contribution >= 0.6 is 23.6 Å². The molecule has 1 fully saturated rings. The Morgan fingerprint density at radius 2 is 2.17 bits per heavy atom. The predicted molar refractivity (Wildman–Crippen MR) is 100 cm³/mol. The summed E-state index contributed by atoms with van der Waals surface area (Å²) >= 11 is 7.07. The van der Waals surface area contributed by atoms with Crippen LogP contribution in [0.2, 0.25) is 0 Å². The number of carbonyl (C=O) groups is 1. The number of rotatable bonds is 4. The summed E-state index contributed by atoms with van der Waals surface area (Å²) in [5.74, 6) is -0.285. The second-order valence-corrected chi connectivity index (χ2v) is 7.86. The topological polar surface area (TPSA) is 59.6 Å². The molecule has 5 nitrogen and oxygen atoms in total. The minimum atomic E-state index is -0.285. The summed E-state index contributed by atoms with van der Waals surface area (Å²) in [4.78, 5) is 13.5. The van der Waals surface area contributed by atoms with E-state index in [4.69, 9.17) is 21.7 Å². The number of aryl methyl sites for hydroxylation is 1. The number of hydrogen-bond acceptors (Lipinski definition) is 5. The van der Waals surface area contributed by atoms with Gasteiger partial charge in [-0.1, -0.05) is 0 Å². The summed E-state index contributed by atoms with van der Waals surface area (Å²) in [7, 11) is 1.43. The molecule has 1 aliphatic carbocycles. The van der Waals surface area contributed by atoms with Crippen LogP contribution in [0.3, 0.4) is 0 Å². The molecule has 2 aliphatic rings. The zero-order chi connectivity index (χ0) is 17.1. The van der Waals surface area contributed by atoms with Gasteiger partial charge in [-0.2, -0.15) is 0 Å². The molecule has 2 heterocycles. The van der Waals surface area contributed by atoms with Crippen LogP contribution in [0.25, 0.3) is 0 Å². The van der Waals surface area contributed by atoms with Crippen molar-refractivity contribution in [1.29, 1.82) is 0 Å². The summed E-state index contributed by atoms with van der Waals surface area (Å²) in [6, 6.07) is 0.142. The fourth-order valence-electron chi connectivity index (χ4n) is 3.41. The molecule has 2 N–H and O–H groups in total. The minimum absolute atomic E-state index is 0.142. The van der Waals surface area contributed by atoms with E-state index in [1.165, 1.54) is 18.4 Å². The number of fused-ring (bicyclic) bond motifs is 1. The number of hydrogen-bond donors (Lipinski definition) is 2. The SMILES string of the molecule is COC(=O)c1c(NC(=S)NC(C)C2CCCO2)sc2c1CCCC2. The Labute approximate surface area is 152 Å². The zero-order valence-electron chi connectivity index (χ0n) is 14.1. The molecule has 2 unspecified atom stereocenters. The molecule has 1 aliphatic heterocycles. The number of thiophene rings is 1. The van der Waals surface area contributed by atoms with Crippen molar-refractivity contribution in [3.05, 3.63) is 16.0 Å². The normalized spacial score (nSPS) is 21.0. The van der Waals surface area contributed by atoms with Crippen molar-refractivity contribution in [2.45, 2.75) is 57.6 Å². The average molecular weight is 369 g/mol. The van der Waals surface area contributed by atoms with Crippen molar-refractivity contribution in [3.63, 3.8) is 0 Å². The van der Waals surface area contributed by atoms with Crippen LogP contribution in [0.4, 0.5) is 5.00 Å². The van der Waals surface area contributed by atoms with Crippen LogP contribution in [0.15, 0.2) is 0 Å². The van der Waals surface area contributed by atoms with Crippen LogP contribution < -0.4 is 10.6 Å². The summed E-state index contributed by atoms with van der Waals surface area (Å²) in [6.45, 7) is 2.89. The standard InChI is InChI=1S/C17H24N2O3S2/c1-10(12-7-5-9-22-12)18-17(23)19-15-14(16(20)21-2)11-6-3-4-8-13(11)24-15/h10,12H,3-9H2,1-2H3,(H2,18,19,23). The third kappa shape index (κ3) is 3.73. The maximum Gasteiger partial charge on any atom is 0.341 e. The molecular formula is C17H24N2O3S2. The molecule has 0 spiro atoms. The number of methoxy groups -OCH3 is 1. The third-order valence-electron chi connectivity index (χ3n) is 4.67. The van der Waals surface area contributed by atoms with Crippen molar-refractivity contribution in [2.75, 3.05) is 19.0 Å². The number of nitrogens with one attached hydrogen (secondary N) is 2. The summed E-state index contributed by atoms with van der Waals surface area (Å²) in [5, 5.41) is 7.83. The molecule has 0 radical (unpaired) electrons. The van der Waals surface area contributed by atoms with Gasteiger partial charge in [-0.3, -0.25) is 0 Å². The average Bonchev–Trinajstić information content (AvgIpc) is 3.21. The van der Waals surface area contributed by atoms with Gasteiger partial charge in [-0.15, -0.1) is 11.3 Å². The van der Waals surface area contributed by atoms with Crippen molar-refractivity contribution < 1.29 is 14.3 Å². The van der Waals surface area contributed by atoms with Crippen LogP contribution in [-0.4, -0.2) is 36.9 Å². The fraction of sp³-hybridized carbons (Fsp3) is 0.647. The van der Waals surface area contributed by atoms with Gasteiger partial charge < -0.3 is 20.1 Å². The Morgan fingerprint density at radius 1 is 1.38 bits per heavy atom. The number of carbonyl (C=O) groups excluding carboxylic acids is 1. The monoisotopic (exact) mass is 368 g/mol. The smallest absolute Gasteiger partial charge is 0.341 e. The number of esters is 1. The molecule has 0 aromatic carbocycles. The van der Waals surface area contributed by atoms with E-state index < -0.39 is 0 Å². The van der Waals surface area contributed by atoms with Crippen LogP contribution in [0.5, 0.6) is 0 Å². The Kier molecular flexibility index (Phi) is 5.73. The highest BCUT2D eigenvalue weighted by Crippen LogP contribution is 2.38. The molecule has 1 aromatic heterocycles. The highest BCUT2D eigenvalue weighted by molar-refractivity contribution is 7.80. The van der Waals surface area contributed by atoms with Crippen molar-refractivity contribution in [3.8, 4) is 0 Å². The van der Waals surface area contributed by atoms with Gasteiger partial charge in [0.05, 0.1) is 24.8 Å². The second kappa shape index (κ2) is 7.80. The maximum absolute atomic E-state index is 12.2. The Hall–Kier alpha value is -1.18. The molecule has 0 saturated carbocycles. The largest absolute Gasteiger partial charge is 0.465 e. The molecule has 3 rings (SSSR count). The molecule has 1 saturated heterocycles. The lowest BCUT2D eigenvalue weighted by atomic mass is 9.95. The predicted octanol–water partition coefficient (Wildman–Crippen LogP) is 3.27. The van der Waals surface area contributed by atoms with Crippen LogP contribution in [0.1, 0.15) is 53.4 Å². The van der Waals surface area contributed by atoms with Gasteiger partial charge >= 0.3 is 5.97 Å². The van der Waals surface area contributed by atoms with Crippen LogP contribution in [0, 0.1) is 0 Å². The summed E-state index contributed by atoms with van der Waals surface area (Å²) in [6.07, 6.45) is 6.60. The Morgan fingerprint density at radius 3 is 2.88 bits per heavy atom. The molecule has 1 aromatic rings. The van der Waals surface area contributed by atoms with E-state index in [9.17, 15) is 4.79 Å². The molecule has 0 amide bonds. The molecule has 0 bridgehead atoms. The second-order valence-electron chi connectivity index (χ2n) is 6.35. The zero-order valence-corrected chi connectivity index (χ0v) is 15.8. The Balaban J connectivity index is 1.72. The first-order valence-corrected chi connectivity index (χ1v) is 9.74. The molecular weight excluding hydrogens is 344 g/mol. The first-order chi connectivity index (χ1) is 11.6. The van der Waals surface area contributed by atoms with Gasteiger partial charge in [0.15, 0.2) is 5.11 Å². The van der Waals surface area contributed by atoms with Crippen molar-refractivity contribution >= 4 is 39.6 Å². The first-order valence-electron chi connectivity index (χ1n) is 8.52. The van der Waals surface area contributed by atoms with Gasteiger partial charge in [-0.25, -0.2) is 4.79 Å². The van der Waals surface area contributed by atoms with E-state index >= 15 is 0 Å². The van der Waals surface area contributed by atoms with Crippen molar-refractivity contribution in [2.24, 2.45) is 0 Å². The third-order valence-corrected chi connectivity index (χ3v) is 6.10. The van der Waals surface area contributed by atoms with Gasteiger partial charge in [0.1, 0.15) is 5.00 Å². The number of thiocarbonyl (C=S) groups is 1. The van der Waals surface area contributed by atoms with E-state index in [1.807, 2.05) is 0 Å². The molecule has 132 valence electrons. The maximum atomic E-state index is 12.2. The molecule has 2 atom stereocenters. The molecule has 24 heavy (non-hydrogen) atoms. The number of ether oxygens (including phenoxy) is 2. The quantitative estimate of drug-likeness (QED) is 0.628. The lowest BCUT2D eigenvalue weighted by Gasteiger charge is -2.21. The fourth-order valence-corrected chi connectivity index (χ4v) is 5.04. The van der Waals surface area contributed by atoms with Gasteiger partial charge in [0, 0.05) is 11.5 Å². The van der Waals surface area contributed by atoms with Crippen molar-refractivity contribution in [1.82, 2.24) is 5.32 Å². The van der Waals surface area contributed by atoms with Gasteiger partial charge in [0.2, 0.25) is 0 Å². The van der Waals surface area contributed by atoms with E-state index in [2.05, 4.69) is 17.6 Å². The van der Waals surface area contributed by atoms with E-state index in [0.29, 0.717) is 10.7 Å². The Bertz CT molecular complexity index is 624. The molecule has 7 heteroatoms. The lowest BCUT2D eigenvalue weighted by molar-refractivity contribution is 0.0601. The van der Waals surface area contributed by atoms with E-state index in [0.717, 1.165) is 49.3 Å². The van der Waals surface area contributed by atoms with E-state index in [-0.39, 0.29) is 18.1 Å². The highest BCUT2D eigenvalue weighted by atomic mass is 32.1. The van der Waals surface area contributed by atoms with E-state index in [1.54, 1.807) is 11.3 Å². The van der Waals surface area contributed by atoms with Gasteiger partial charge in [0.25, 0.3) is 0 Å². The van der Waals surface area contributed by atoms with Crippen LogP contribution in [-0.2, 0) is 22.3 Å². The van der Waals surface area contributed by atoms with Gasteiger partial charge in [-0.05, 0) is 63.2 Å². The number of anilines is 1. The first kappa shape index (κ1) is 17.6. The minimum Gasteiger partial charge on any atom is -0.465 e.